The lowest BCUT2D eigenvalue weighted by atomic mass is 9.87. The first-order chi connectivity index (χ1) is 13.4. The molecule has 6 heteroatoms. The van der Waals surface area contributed by atoms with Gasteiger partial charge in [0.2, 0.25) is 5.91 Å². The molecule has 0 radical (unpaired) electrons. The van der Waals surface area contributed by atoms with Crippen molar-refractivity contribution >= 4 is 5.91 Å². The van der Waals surface area contributed by atoms with Crippen LogP contribution in [0.5, 0.6) is 11.5 Å². The maximum atomic E-state index is 13.3. The number of fused-ring (bicyclic) bond motifs is 1. The van der Waals surface area contributed by atoms with Crippen molar-refractivity contribution in [2.45, 2.75) is 38.9 Å². The number of ether oxygens (including phenoxy) is 2. The molecule has 0 aromatic heterocycles. The minimum Gasteiger partial charge on any atom is -0.493 e. The highest BCUT2D eigenvalue weighted by Gasteiger charge is 2.33. The van der Waals surface area contributed by atoms with Crippen LogP contribution in [-0.2, 0) is 17.8 Å². The minimum absolute atomic E-state index is 0.0301. The average Bonchev–Trinajstić information content (AvgIpc) is 2.67. The Morgan fingerprint density at radius 3 is 2.46 bits per heavy atom. The molecule has 1 aliphatic rings. The van der Waals surface area contributed by atoms with Gasteiger partial charge < -0.3 is 14.8 Å². The molecule has 0 fully saturated rings. The highest BCUT2D eigenvalue weighted by atomic mass is 19.1. The summed E-state index contributed by atoms with van der Waals surface area (Å²) >= 11 is 0. The molecule has 28 heavy (non-hydrogen) atoms. The summed E-state index contributed by atoms with van der Waals surface area (Å²) in [6.07, 6.45) is 0.861. The van der Waals surface area contributed by atoms with Crippen LogP contribution in [0, 0.1) is 5.82 Å². The number of methoxy groups -OCH3 is 2. The summed E-state index contributed by atoms with van der Waals surface area (Å²) < 4.78 is 24.2. The van der Waals surface area contributed by atoms with E-state index in [9.17, 15) is 9.18 Å². The summed E-state index contributed by atoms with van der Waals surface area (Å²) in [5, 5.41) is 3.03. The van der Waals surface area contributed by atoms with Crippen LogP contribution in [0.1, 0.15) is 36.6 Å². The van der Waals surface area contributed by atoms with Gasteiger partial charge in [0.05, 0.1) is 20.3 Å². The number of nitrogens with one attached hydrogen (secondary N) is 1. The fourth-order valence-corrected chi connectivity index (χ4v) is 4.02. The van der Waals surface area contributed by atoms with Gasteiger partial charge in [-0.1, -0.05) is 12.1 Å². The van der Waals surface area contributed by atoms with Crippen molar-refractivity contribution in [3.8, 4) is 11.5 Å². The smallest absolute Gasteiger partial charge is 0.217 e. The van der Waals surface area contributed by atoms with E-state index >= 15 is 0 Å². The quantitative estimate of drug-likeness (QED) is 0.826. The van der Waals surface area contributed by atoms with E-state index < -0.39 is 0 Å². The third kappa shape index (κ3) is 4.28. The van der Waals surface area contributed by atoms with Gasteiger partial charge in [-0.3, -0.25) is 9.69 Å². The van der Waals surface area contributed by atoms with Crippen LogP contribution in [0.4, 0.5) is 4.39 Å². The van der Waals surface area contributed by atoms with Gasteiger partial charge >= 0.3 is 0 Å². The highest BCUT2D eigenvalue weighted by Crippen LogP contribution is 2.40. The second-order valence-corrected chi connectivity index (χ2v) is 7.19. The van der Waals surface area contributed by atoms with Gasteiger partial charge in [-0.15, -0.1) is 0 Å². The van der Waals surface area contributed by atoms with Gasteiger partial charge in [-0.2, -0.15) is 0 Å². The molecule has 150 valence electrons. The van der Waals surface area contributed by atoms with Crippen molar-refractivity contribution in [3.05, 3.63) is 58.9 Å². The Morgan fingerprint density at radius 1 is 1.21 bits per heavy atom. The molecule has 1 aliphatic heterocycles. The van der Waals surface area contributed by atoms with E-state index in [2.05, 4.69) is 10.2 Å². The predicted molar refractivity (Wildman–Crippen MR) is 106 cm³/mol. The monoisotopic (exact) mass is 386 g/mol. The largest absolute Gasteiger partial charge is 0.493 e. The van der Waals surface area contributed by atoms with Crippen LogP contribution in [0.15, 0.2) is 36.4 Å². The van der Waals surface area contributed by atoms with Crippen molar-refractivity contribution < 1.29 is 18.7 Å². The fraction of sp³-hybridized carbons (Fsp3) is 0.409. The number of amides is 1. The van der Waals surface area contributed by atoms with E-state index in [1.165, 1.54) is 24.6 Å². The Morgan fingerprint density at radius 2 is 1.86 bits per heavy atom. The Hall–Kier alpha value is -2.60. The lowest BCUT2D eigenvalue weighted by Gasteiger charge is -2.41. The summed E-state index contributed by atoms with van der Waals surface area (Å²) in [4.78, 5) is 14.0. The molecule has 0 saturated heterocycles. The Bertz CT molecular complexity index is 838. The first-order valence-electron chi connectivity index (χ1n) is 9.43. The van der Waals surface area contributed by atoms with E-state index in [4.69, 9.17) is 9.47 Å². The summed E-state index contributed by atoms with van der Waals surface area (Å²) in [6, 6.07) is 10.5. The van der Waals surface area contributed by atoms with Gasteiger partial charge in [-0.05, 0) is 54.3 Å². The molecule has 1 heterocycles. The molecule has 0 spiro atoms. The lowest BCUT2D eigenvalue weighted by Crippen LogP contribution is -2.46. The highest BCUT2D eigenvalue weighted by molar-refractivity contribution is 5.73. The van der Waals surface area contributed by atoms with Crippen molar-refractivity contribution in [2.24, 2.45) is 0 Å². The van der Waals surface area contributed by atoms with Crippen molar-refractivity contribution in [3.63, 3.8) is 0 Å². The molecule has 2 aromatic carbocycles. The van der Waals surface area contributed by atoms with E-state index in [-0.39, 0.29) is 23.8 Å². The molecule has 0 aliphatic carbocycles. The van der Waals surface area contributed by atoms with Crippen LogP contribution in [-0.4, -0.2) is 37.6 Å². The van der Waals surface area contributed by atoms with Crippen LogP contribution in [0.2, 0.25) is 0 Å². The van der Waals surface area contributed by atoms with Gasteiger partial charge in [0.1, 0.15) is 5.82 Å². The van der Waals surface area contributed by atoms with E-state index in [1.807, 2.05) is 19.1 Å². The van der Waals surface area contributed by atoms with E-state index in [0.29, 0.717) is 18.0 Å². The zero-order valence-electron chi connectivity index (χ0n) is 16.8. The summed E-state index contributed by atoms with van der Waals surface area (Å²) in [5.74, 6) is 1.07. The predicted octanol–water partition coefficient (Wildman–Crippen LogP) is 3.47. The lowest BCUT2D eigenvalue weighted by molar-refractivity contribution is -0.120. The second kappa shape index (κ2) is 8.61. The number of benzene rings is 2. The third-order valence-electron chi connectivity index (χ3n) is 5.23. The Kier molecular flexibility index (Phi) is 6.19. The maximum absolute atomic E-state index is 13.3. The number of halogens is 1. The first kappa shape index (κ1) is 20.1. The Labute approximate surface area is 165 Å². The van der Waals surface area contributed by atoms with Crippen LogP contribution in [0.25, 0.3) is 0 Å². The first-order valence-corrected chi connectivity index (χ1v) is 9.43. The number of nitrogens with zero attached hydrogens (tertiary/aromatic N) is 1. The molecule has 3 rings (SSSR count). The standard InChI is InChI=1S/C22H27FN2O3/c1-14(24-15(2)26)22-19-12-21(28-4)20(27-3)11-17(19)9-10-25(22)13-16-5-7-18(23)8-6-16/h5-8,11-12,14,22H,9-10,13H2,1-4H3,(H,24,26). The molecular weight excluding hydrogens is 359 g/mol. The van der Waals surface area contributed by atoms with Gasteiger partial charge in [0.25, 0.3) is 0 Å². The SMILES string of the molecule is COc1cc2c(cc1OC)C(C(C)NC(C)=O)N(Cc1ccc(F)cc1)CC2. The Balaban J connectivity index is 1.99. The van der Waals surface area contributed by atoms with E-state index in [0.717, 1.165) is 24.1 Å². The number of carbonyl (C=O) groups excluding carboxylic acids is 1. The number of carbonyl (C=O) groups is 1. The number of hydrogen-bond donors (Lipinski definition) is 1. The minimum atomic E-state index is -0.243. The molecule has 1 amide bonds. The van der Waals surface area contributed by atoms with Gasteiger partial charge in [0.15, 0.2) is 11.5 Å². The normalized spacial score (nSPS) is 17.5. The molecule has 2 aromatic rings. The molecular formula is C22H27FN2O3. The number of hydrogen-bond acceptors (Lipinski definition) is 4. The third-order valence-corrected chi connectivity index (χ3v) is 5.23. The zero-order valence-corrected chi connectivity index (χ0v) is 16.8. The molecule has 1 N–H and O–H groups in total. The van der Waals surface area contributed by atoms with Crippen molar-refractivity contribution in [2.75, 3.05) is 20.8 Å². The summed E-state index contributed by atoms with van der Waals surface area (Å²) in [5.41, 5.74) is 3.34. The second-order valence-electron chi connectivity index (χ2n) is 7.19. The maximum Gasteiger partial charge on any atom is 0.217 e. The molecule has 0 saturated carbocycles. The summed E-state index contributed by atoms with van der Waals surface area (Å²) in [7, 11) is 3.25. The fourth-order valence-electron chi connectivity index (χ4n) is 4.02. The molecule has 2 atom stereocenters. The molecule has 0 bridgehead atoms. The van der Waals surface area contributed by atoms with E-state index in [1.54, 1.807) is 26.4 Å². The molecule has 2 unspecified atom stereocenters. The van der Waals surface area contributed by atoms with Crippen LogP contribution >= 0.6 is 0 Å². The van der Waals surface area contributed by atoms with Crippen LogP contribution < -0.4 is 14.8 Å². The average molecular weight is 386 g/mol. The number of rotatable bonds is 6. The summed E-state index contributed by atoms with van der Waals surface area (Å²) in [6.45, 7) is 5.03. The van der Waals surface area contributed by atoms with Crippen molar-refractivity contribution in [1.29, 1.82) is 0 Å². The zero-order chi connectivity index (χ0) is 20.3. The van der Waals surface area contributed by atoms with Crippen LogP contribution in [0.3, 0.4) is 0 Å². The molecule has 5 nitrogen and oxygen atoms in total. The van der Waals surface area contributed by atoms with Gasteiger partial charge in [-0.25, -0.2) is 4.39 Å². The van der Waals surface area contributed by atoms with Crippen molar-refractivity contribution in [1.82, 2.24) is 10.2 Å². The van der Waals surface area contributed by atoms with Gasteiger partial charge in [0, 0.05) is 26.1 Å². The topological polar surface area (TPSA) is 50.8 Å².